The first-order valence-electron chi connectivity index (χ1n) is 8.90. The Labute approximate surface area is 154 Å². The second-order valence-electron chi connectivity index (χ2n) is 7.16. The number of carbonyl (C=O) groups is 2. The fourth-order valence-corrected chi connectivity index (χ4v) is 3.55. The summed E-state index contributed by atoms with van der Waals surface area (Å²) in [4.78, 5) is 24.5. The number of piperidine rings is 1. The zero-order valence-electron chi connectivity index (χ0n) is 14.6. The van der Waals surface area contributed by atoms with Crippen molar-refractivity contribution in [1.82, 2.24) is 15.5 Å². The molecule has 2 atom stereocenters. The monoisotopic (exact) mass is 385 g/mol. The van der Waals surface area contributed by atoms with Crippen LogP contribution in [0.15, 0.2) is 24.3 Å². The number of hydrogen-bond donors (Lipinski definition) is 3. The van der Waals surface area contributed by atoms with Gasteiger partial charge in [-0.25, -0.2) is 4.79 Å². The second kappa shape index (κ2) is 7.75. The molecule has 1 saturated heterocycles. The molecule has 1 aliphatic carbocycles. The van der Waals surface area contributed by atoms with Gasteiger partial charge in [-0.2, -0.15) is 13.2 Å². The highest BCUT2D eigenvalue weighted by molar-refractivity contribution is 5.94. The van der Waals surface area contributed by atoms with Gasteiger partial charge in [-0.3, -0.25) is 9.69 Å². The van der Waals surface area contributed by atoms with Crippen molar-refractivity contribution < 1.29 is 27.9 Å². The van der Waals surface area contributed by atoms with Crippen molar-refractivity contribution >= 4 is 12.0 Å². The molecule has 27 heavy (non-hydrogen) atoms. The first-order valence-corrected chi connectivity index (χ1v) is 8.90. The van der Waals surface area contributed by atoms with E-state index in [-0.39, 0.29) is 23.9 Å². The van der Waals surface area contributed by atoms with Gasteiger partial charge in [-0.15, -0.1) is 0 Å². The third-order valence-corrected chi connectivity index (χ3v) is 5.00. The minimum Gasteiger partial charge on any atom is -0.465 e. The molecule has 0 spiro atoms. The Morgan fingerprint density at radius 3 is 2.52 bits per heavy atom. The van der Waals surface area contributed by atoms with Crippen LogP contribution in [0.2, 0.25) is 0 Å². The molecule has 1 aromatic rings. The number of halogens is 3. The van der Waals surface area contributed by atoms with Crippen molar-refractivity contribution in [3.05, 3.63) is 35.4 Å². The summed E-state index contributed by atoms with van der Waals surface area (Å²) in [6.45, 7) is -0.313. The molecule has 1 heterocycles. The number of carbonyl (C=O) groups excluding carboxylic acids is 1. The van der Waals surface area contributed by atoms with Crippen LogP contribution in [0.5, 0.6) is 0 Å². The largest absolute Gasteiger partial charge is 0.465 e. The third-order valence-electron chi connectivity index (χ3n) is 5.00. The summed E-state index contributed by atoms with van der Waals surface area (Å²) in [7, 11) is 0. The van der Waals surface area contributed by atoms with Crippen LogP contribution in [0, 0.1) is 0 Å². The zero-order chi connectivity index (χ0) is 19.6. The molecule has 6 nitrogen and oxygen atoms in total. The molecule has 2 fully saturated rings. The molecule has 3 rings (SSSR count). The standard InChI is InChI=1S/C18H22F3N3O3/c19-18(20,21)10-24-6-4-13(5-7-24)22-16(25)12-3-1-2-11(8-12)14-9-15(14)23-17(26)27/h1-3,8,13-15,23H,4-7,9-10H2,(H,22,25)(H,26,27)/t14-,15+/m0/s1. The molecule has 148 valence electrons. The normalized spacial score (nSPS) is 23.7. The van der Waals surface area contributed by atoms with E-state index in [0.29, 0.717) is 37.9 Å². The molecule has 3 N–H and O–H groups in total. The summed E-state index contributed by atoms with van der Waals surface area (Å²) in [6, 6.07) is 6.78. The number of likely N-dealkylation sites (tertiary alicyclic amines) is 1. The van der Waals surface area contributed by atoms with Gasteiger partial charge in [0.05, 0.1) is 6.54 Å². The topological polar surface area (TPSA) is 81.7 Å². The molecule has 1 saturated carbocycles. The molecule has 0 radical (unpaired) electrons. The van der Waals surface area contributed by atoms with Crippen LogP contribution < -0.4 is 10.6 Å². The van der Waals surface area contributed by atoms with Crippen molar-refractivity contribution in [2.24, 2.45) is 0 Å². The molecular formula is C18H22F3N3O3. The SMILES string of the molecule is O=C(O)N[C@@H]1C[C@H]1c1cccc(C(=O)NC2CCN(CC(F)(F)F)CC2)c1. The molecule has 1 aromatic carbocycles. The summed E-state index contributed by atoms with van der Waals surface area (Å²) in [5, 5.41) is 14.1. The van der Waals surface area contributed by atoms with E-state index in [1.807, 2.05) is 6.07 Å². The van der Waals surface area contributed by atoms with Gasteiger partial charge in [0.25, 0.3) is 5.91 Å². The van der Waals surface area contributed by atoms with Gasteiger partial charge in [0, 0.05) is 36.7 Å². The molecule has 0 unspecified atom stereocenters. The summed E-state index contributed by atoms with van der Waals surface area (Å²) in [5.41, 5.74) is 1.38. The predicted molar refractivity (Wildman–Crippen MR) is 91.7 cm³/mol. The van der Waals surface area contributed by atoms with Gasteiger partial charge in [-0.1, -0.05) is 12.1 Å². The summed E-state index contributed by atoms with van der Waals surface area (Å²) < 4.78 is 37.3. The lowest BCUT2D eigenvalue weighted by molar-refractivity contribution is -0.148. The molecule has 0 bridgehead atoms. The Balaban J connectivity index is 1.51. The molecule has 0 aromatic heterocycles. The van der Waals surface area contributed by atoms with E-state index in [9.17, 15) is 22.8 Å². The van der Waals surface area contributed by atoms with Gasteiger partial charge in [-0.05, 0) is 37.0 Å². The summed E-state index contributed by atoms with van der Waals surface area (Å²) >= 11 is 0. The lowest BCUT2D eigenvalue weighted by atomic mass is 10.0. The maximum absolute atomic E-state index is 12.5. The summed E-state index contributed by atoms with van der Waals surface area (Å²) in [6.07, 6.45) is -3.60. The lowest BCUT2D eigenvalue weighted by Crippen LogP contribution is -2.47. The number of amides is 2. The molecule has 2 aliphatic rings. The van der Waals surface area contributed by atoms with E-state index in [0.717, 1.165) is 5.56 Å². The molecule has 2 amide bonds. The minimum absolute atomic E-state index is 0.0689. The second-order valence-corrected chi connectivity index (χ2v) is 7.16. The fourth-order valence-electron chi connectivity index (χ4n) is 3.55. The maximum atomic E-state index is 12.5. The van der Waals surface area contributed by atoms with Crippen LogP contribution >= 0.6 is 0 Å². The van der Waals surface area contributed by atoms with Crippen molar-refractivity contribution in [3.8, 4) is 0 Å². The average Bonchev–Trinajstić information content (AvgIpc) is 3.34. The molecule has 1 aliphatic heterocycles. The fraction of sp³-hybridized carbons (Fsp3) is 0.556. The molecular weight excluding hydrogens is 363 g/mol. The van der Waals surface area contributed by atoms with Crippen molar-refractivity contribution in [2.45, 2.75) is 43.4 Å². The number of alkyl halides is 3. The van der Waals surface area contributed by atoms with Crippen LogP contribution in [-0.4, -0.2) is 59.9 Å². The van der Waals surface area contributed by atoms with Gasteiger partial charge in [0.2, 0.25) is 0 Å². The Morgan fingerprint density at radius 2 is 1.89 bits per heavy atom. The predicted octanol–water partition coefficient (Wildman–Crippen LogP) is 2.57. The van der Waals surface area contributed by atoms with Gasteiger partial charge < -0.3 is 15.7 Å². The highest BCUT2D eigenvalue weighted by atomic mass is 19.4. The van der Waals surface area contributed by atoms with Crippen LogP contribution in [0.25, 0.3) is 0 Å². The van der Waals surface area contributed by atoms with E-state index >= 15 is 0 Å². The Bertz CT molecular complexity index is 703. The lowest BCUT2D eigenvalue weighted by Gasteiger charge is -2.32. The summed E-state index contributed by atoms with van der Waals surface area (Å²) in [5.74, 6) is -0.186. The van der Waals surface area contributed by atoms with Crippen LogP contribution in [0.3, 0.4) is 0 Å². The van der Waals surface area contributed by atoms with E-state index in [1.165, 1.54) is 4.90 Å². The van der Waals surface area contributed by atoms with E-state index in [4.69, 9.17) is 5.11 Å². The zero-order valence-corrected chi connectivity index (χ0v) is 14.6. The van der Waals surface area contributed by atoms with E-state index in [1.54, 1.807) is 18.2 Å². The van der Waals surface area contributed by atoms with E-state index in [2.05, 4.69) is 10.6 Å². The average molecular weight is 385 g/mol. The maximum Gasteiger partial charge on any atom is 0.404 e. The number of nitrogens with zero attached hydrogens (tertiary/aromatic N) is 1. The third kappa shape index (κ3) is 5.59. The first-order chi connectivity index (χ1) is 12.7. The highest BCUT2D eigenvalue weighted by Gasteiger charge is 2.39. The quantitative estimate of drug-likeness (QED) is 0.728. The van der Waals surface area contributed by atoms with Crippen LogP contribution in [0.4, 0.5) is 18.0 Å². The van der Waals surface area contributed by atoms with Crippen molar-refractivity contribution in [2.75, 3.05) is 19.6 Å². The minimum atomic E-state index is -4.20. The van der Waals surface area contributed by atoms with Crippen LogP contribution in [-0.2, 0) is 0 Å². The van der Waals surface area contributed by atoms with Gasteiger partial charge in [0.1, 0.15) is 0 Å². The van der Waals surface area contributed by atoms with Crippen molar-refractivity contribution in [1.29, 1.82) is 0 Å². The molecule has 9 heteroatoms. The Morgan fingerprint density at radius 1 is 1.19 bits per heavy atom. The van der Waals surface area contributed by atoms with E-state index < -0.39 is 18.8 Å². The number of nitrogens with one attached hydrogen (secondary N) is 2. The number of benzene rings is 1. The van der Waals surface area contributed by atoms with Crippen molar-refractivity contribution in [3.63, 3.8) is 0 Å². The Kier molecular flexibility index (Phi) is 5.59. The highest BCUT2D eigenvalue weighted by Crippen LogP contribution is 2.40. The van der Waals surface area contributed by atoms with Gasteiger partial charge >= 0.3 is 12.3 Å². The smallest absolute Gasteiger partial charge is 0.404 e. The van der Waals surface area contributed by atoms with Gasteiger partial charge in [0.15, 0.2) is 0 Å². The first kappa shape index (κ1) is 19.5. The van der Waals surface area contributed by atoms with Crippen LogP contribution in [0.1, 0.15) is 41.1 Å². The number of rotatable bonds is 5. The number of carboxylic acid groups (broad SMARTS) is 1. The number of hydrogen-bond acceptors (Lipinski definition) is 3. The Hall–Kier alpha value is -2.29.